The predicted molar refractivity (Wildman–Crippen MR) is 103 cm³/mol. The van der Waals surface area contributed by atoms with Crippen LogP contribution >= 0.6 is 12.2 Å². The number of rotatable bonds is 8. The Labute approximate surface area is 148 Å². The molecular weight excluding hydrogens is 318 g/mol. The van der Waals surface area contributed by atoms with Crippen molar-refractivity contribution in [1.29, 1.82) is 0 Å². The average Bonchev–Trinajstić information content (AvgIpc) is 2.61. The van der Waals surface area contributed by atoms with Crippen molar-refractivity contribution in [3.8, 4) is 5.75 Å². The molecule has 0 atom stereocenters. The molecule has 5 heteroatoms. The summed E-state index contributed by atoms with van der Waals surface area (Å²) < 4.78 is 5.68. The fourth-order valence-corrected chi connectivity index (χ4v) is 2.13. The lowest BCUT2D eigenvalue weighted by Gasteiger charge is -2.07. The normalized spacial score (nSPS) is 10.5. The maximum Gasteiger partial charge on any atom is 0.187 e. The zero-order valence-corrected chi connectivity index (χ0v) is 14.7. The van der Waals surface area contributed by atoms with E-state index in [1.54, 1.807) is 6.21 Å². The Morgan fingerprint density at radius 1 is 1.17 bits per heavy atom. The minimum absolute atomic E-state index is 0.491. The van der Waals surface area contributed by atoms with Crippen molar-refractivity contribution in [1.82, 2.24) is 10.7 Å². The molecule has 0 bridgehead atoms. The van der Waals surface area contributed by atoms with Crippen LogP contribution in [-0.2, 0) is 6.54 Å². The molecule has 0 aliphatic carbocycles. The summed E-state index contributed by atoms with van der Waals surface area (Å²) in [5.41, 5.74) is 4.95. The molecule has 0 aliphatic rings. The quantitative estimate of drug-likeness (QED) is 0.331. The molecule has 2 rings (SSSR count). The highest BCUT2D eigenvalue weighted by Gasteiger charge is 1.96. The molecule has 24 heavy (non-hydrogen) atoms. The molecule has 0 aromatic heterocycles. The van der Waals surface area contributed by atoms with Gasteiger partial charge in [-0.15, -0.1) is 0 Å². The first kappa shape index (κ1) is 17.9. The summed E-state index contributed by atoms with van der Waals surface area (Å²) in [6.07, 6.45) is 3.91. The lowest BCUT2D eigenvalue weighted by molar-refractivity contribution is 0.309. The number of hydrogen-bond acceptors (Lipinski definition) is 3. The van der Waals surface area contributed by atoms with Gasteiger partial charge in [-0.25, -0.2) is 0 Å². The van der Waals surface area contributed by atoms with Gasteiger partial charge < -0.3 is 10.1 Å². The summed E-state index contributed by atoms with van der Waals surface area (Å²) in [6.45, 7) is 3.55. The van der Waals surface area contributed by atoms with Crippen molar-refractivity contribution in [3.63, 3.8) is 0 Å². The zero-order chi connectivity index (χ0) is 17.0. The molecule has 0 saturated heterocycles. The lowest BCUT2D eigenvalue weighted by atomic mass is 10.2. The third kappa shape index (κ3) is 6.79. The van der Waals surface area contributed by atoms with Crippen LogP contribution in [0.3, 0.4) is 0 Å². The summed E-state index contributed by atoms with van der Waals surface area (Å²) in [6, 6.07) is 17.9. The largest absolute Gasteiger partial charge is 0.494 e. The number of nitrogens with one attached hydrogen (secondary N) is 2. The summed E-state index contributed by atoms with van der Waals surface area (Å²) in [5.74, 6) is 0.858. The van der Waals surface area contributed by atoms with Crippen molar-refractivity contribution in [2.45, 2.75) is 26.3 Å². The van der Waals surface area contributed by atoms with Crippen molar-refractivity contribution in [2.24, 2.45) is 5.10 Å². The molecule has 0 spiro atoms. The van der Waals surface area contributed by atoms with E-state index in [-0.39, 0.29) is 0 Å². The fraction of sp³-hybridized carbons (Fsp3) is 0.263. The molecule has 2 aromatic rings. The van der Waals surface area contributed by atoms with Crippen LogP contribution in [0.1, 0.15) is 30.9 Å². The second-order valence-corrected chi connectivity index (χ2v) is 5.72. The maximum atomic E-state index is 5.68. The van der Waals surface area contributed by atoms with Crippen LogP contribution in [0, 0.1) is 0 Å². The molecule has 4 nitrogen and oxygen atoms in total. The molecule has 0 fully saturated rings. The Kier molecular flexibility index (Phi) is 7.77. The van der Waals surface area contributed by atoms with E-state index in [4.69, 9.17) is 17.0 Å². The average molecular weight is 341 g/mol. The Morgan fingerprint density at radius 3 is 2.79 bits per heavy atom. The molecule has 0 saturated carbocycles. The Morgan fingerprint density at radius 2 is 2.00 bits per heavy atom. The third-order valence-electron chi connectivity index (χ3n) is 3.30. The molecule has 0 heterocycles. The fourth-order valence-electron chi connectivity index (χ4n) is 2.00. The van der Waals surface area contributed by atoms with E-state index in [2.05, 4.69) is 22.8 Å². The zero-order valence-electron chi connectivity index (χ0n) is 13.9. The van der Waals surface area contributed by atoms with E-state index in [9.17, 15) is 0 Å². The Hall–Kier alpha value is -2.40. The molecule has 0 radical (unpaired) electrons. The van der Waals surface area contributed by atoms with Crippen molar-refractivity contribution >= 4 is 23.5 Å². The van der Waals surface area contributed by atoms with Crippen LogP contribution in [0.5, 0.6) is 5.75 Å². The van der Waals surface area contributed by atoms with Gasteiger partial charge in [-0.2, -0.15) is 5.10 Å². The van der Waals surface area contributed by atoms with Gasteiger partial charge in [0.25, 0.3) is 0 Å². The van der Waals surface area contributed by atoms with Crippen molar-refractivity contribution < 1.29 is 4.74 Å². The first-order valence-corrected chi connectivity index (χ1v) is 8.52. The van der Waals surface area contributed by atoms with E-state index in [0.29, 0.717) is 11.7 Å². The maximum absolute atomic E-state index is 5.68. The van der Waals surface area contributed by atoms with Gasteiger partial charge >= 0.3 is 0 Å². The highest BCUT2D eigenvalue weighted by Crippen LogP contribution is 2.12. The monoisotopic (exact) mass is 341 g/mol. The highest BCUT2D eigenvalue weighted by molar-refractivity contribution is 7.80. The molecule has 0 unspecified atom stereocenters. The van der Waals surface area contributed by atoms with Crippen LogP contribution in [0.25, 0.3) is 0 Å². The van der Waals surface area contributed by atoms with Gasteiger partial charge in [-0.1, -0.05) is 55.8 Å². The van der Waals surface area contributed by atoms with Crippen LogP contribution in [0.15, 0.2) is 59.7 Å². The minimum atomic E-state index is 0.491. The van der Waals surface area contributed by atoms with Gasteiger partial charge in [-0.05, 0) is 41.9 Å². The van der Waals surface area contributed by atoms with Crippen LogP contribution in [0.2, 0.25) is 0 Å². The SMILES string of the molecule is CCCCOc1cccc(/C=N\NC(=S)NCc2ccccc2)c1. The molecule has 126 valence electrons. The second-order valence-electron chi connectivity index (χ2n) is 5.31. The number of benzene rings is 2. The summed E-state index contributed by atoms with van der Waals surface area (Å²) in [5, 5.41) is 7.76. The number of ether oxygens (including phenoxy) is 1. The van der Waals surface area contributed by atoms with Crippen LogP contribution < -0.4 is 15.5 Å². The smallest absolute Gasteiger partial charge is 0.187 e. The molecular formula is C19H23N3OS. The highest BCUT2D eigenvalue weighted by atomic mass is 32.1. The number of nitrogens with zero attached hydrogens (tertiary/aromatic N) is 1. The molecule has 2 N–H and O–H groups in total. The van der Waals surface area contributed by atoms with Gasteiger partial charge in [0.1, 0.15) is 5.75 Å². The lowest BCUT2D eigenvalue weighted by Crippen LogP contribution is -2.31. The molecule has 0 aliphatic heterocycles. The van der Waals surface area contributed by atoms with Gasteiger partial charge in [-0.3, -0.25) is 5.43 Å². The third-order valence-corrected chi connectivity index (χ3v) is 3.54. The Balaban J connectivity index is 1.76. The minimum Gasteiger partial charge on any atom is -0.494 e. The first-order chi connectivity index (χ1) is 11.8. The van der Waals surface area contributed by atoms with E-state index in [1.165, 1.54) is 5.56 Å². The number of hydrogen-bond donors (Lipinski definition) is 2. The van der Waals surface area contributed by atoms with Gasteiger partial charge in [0, 0.05) is 6.54 Å². The number of hydrazone groups is 1. The topological polar surface area (TPSA) is 45.6 Å². The molecule has 2 aromatic carbocycles. The van der Waals surface area contributed by atoms with E-state index in [1.807, 2.05) is 54.6 Å². The second kappa shape index (κ2) is 10.4. The van der Waals surface area contributed by atoms with E-state index >= 15 is 0 Å². The summed E-state index contributed by atoms with van der Waals surface area (Å²) in [4.78, 5) is 0. The molecule has 0 amide bonds. The Bertz CT molecular complexity index is 659. The standard InChI is InChI=1S/C19H23N3OS/c1-2-3-12-23-18-11-7-10-17(13-18)15-21-22-19(24)20-14-16-8-5-4-6-9-16/h4-11,13,15H,2-3,12,14H2,1H3,(H2,20,22,24)/b21-15-. The van der Waals surface area contributed by atoms with Gasteiger partial charge in [0.05, 0.1) is 12.8 Å². The predicted octanol–water partition coefficient (Wildman–Crippen LogP) is 3.86. The van der Waals surface area contributed by atoms with E-state index in [0.717, 1.165) is 30.8 Å². The van der Waals surface area contributed by atoms with Crippen molar-refractivity contribution in [3.05, 3.63) is 65.7 Å². The van der Waals surface area contributed by atoms with Gasteiger partial charge in [0.15, 0.2) is 5.11 Å². The van der Waals surface area contributed by atoms with Crippen LogP contribution in [0.4, 0.5) is 0 Å². The summed E-state index contributed by atoms with van der Waals surface area (Å²) >= 11 is 5.20. The number of unbranched alkanes of at least 4 members (excludes halogenated alkanes) is 1. The van der Waals surface area contributed by atoms with Gasteiger partial charge in [0.2, 0.25) is 0 Å². The van der Waals surface area contributed by atoms with E-state index < -0.39 is 0 Å². The van der Waals surface area contributed by atoms with Crippen LogP contribution in [-0.4, -0.2) is 17.9 Å². The summed E-state index contributed by atoms with van der Waals surface area (Å²) in [7, 11) is 0. The van der Waals surface area contributed by atoms with Crippen molar-refractivity contribution in [2.75, 3.05) is 6.61 Å². The number of thiocarbonyl (C=S) groups is 1. The first-order valence-electron chi connectivity index (χ1n) is 8.11.